The summed E-state index contributed by atoms with van der Waals surface area (Å²) in [6, 6.07) is 0. The number of carboxylic acid groups (broad SMARTS) is 1. The minimum Gasteiger partial charge on any atom is -0.479 e. The van der Waals surface area contributed by atoms with E-state index in [1.165, 1.54) is 0 Å². The van der Waals surface area contributed by atoms with Gasteiger partial charge in [-0.05, 0) is 27.2 Å². The van der Waals surface area contributed by atoms with Crippen LogP contribution in [0.2, 0.25) is 0 Å². The first-order valence-electron chi connectivity index (χ1n) is 6.04. The Hall–Kier alpha value is -1.30. The zero-order chi connectivity index (χ0) is 14.1. The molecule has 0 spiro atoms. The number of amides is 1. The van der Waals surface area contributed by atoms with E-state index in [4.69, 9.17) is 4.74 Å². The average molecular weight is 259 g/mol. The molecule has 6 nitrogen and oxygen atoms in total. The summed E-state index contributed by atoms with van der Waals surface area (Å²) < 4.78 is 5.19. The first-order chi connectivity index (χ1) is 8.12. The molecular formula is C12H21NO5. The number of likely N-dealkylation sites (tertiary alicyclic amines) is 1. The van der Waals surface area contributed by atoms with Gasteiger partial charge in [-0.2, -0.15) is 0 Å². The number of aliphatic carboxylic acids is 1. The van der Waals surface area contributed by atoms with Gasteiger partial charge in [-0.3, -0.25) is 4.90 Å². The quantitative estimate of drug-likeness (QED) is 0.778. The van der Waals surface area contributed by atoms with Crippen molar-refractivity contribution in [2.24, 2.45) is 0 Å². The van der Waals surface area contributed by atoms with Crippen molar-refractivity contribution in [2.75, 3.05) is 6.54 Å². The van der Waals surface area contributed by atoms with Crippen LogP contribution in [0.5, 0.6) is 0 Å². The third-order valence-electron chi connectivity index (χ3n) is 3.08. The molecular weight excluding hydrogens is 238 g/mol. The predicted molar refractivity (Wildman–Crippen MR) is 64.2 cm³/mol. The van der Waals surface area contributed by atoms with Crippen molar-refractivity contribution in [3.8, 4) is 0 Å². The highest BCUT2D eigenvalue weighted by molar-refractivity contribution is 5.85. The summed E-state index contributed by atoms with van der Waals surface area (Å²) in [7, 11) is 0. The fourth-order valence-electron chi connectivity index (χ4n) is 2.21. The standard InChI is InChI=1S/C12H21NO5/c1-5-12(9(15)16)6-8(14)7-13(12)10(17)18-11(2,3)4/h8,14H,5-7H2,1-4H3,(H,15,16). The fraction of sp³-hybridized carbons (Fsp3) is 0.833. The molecule has 1 heterocycles. The van der Waals surface area contributed by atoms with Crippen molar-refractivity contribution in [1.82, 2.24) is 4.90 Å². The van der Waals surface area contributed by atoms with E-state index in [1.54, 1.807) is 27.7 Å². The van der Waals surface area contributed by atoms with E-state index in [2.05, 4.69) is 0 Å². The molecule has 0 aliphatic carbocycles. The Morgan fingerprint density at radius 3 is 2.39 bits per heavy atom. The topological polar surface area (TPSA) is 87.1 Å². The molecule has 1 aliphatic heterocycles. The third kappa shape index (κ3) is 2.75. The van der Waals surface area contributed by atoms with Gasteiger partial charge < -0.3 is 14.9 Å². The van der Waals surface area contributed by atoms with E-state index < -0.39 is 29.3 Å². The Bertz CT molecular complexity index is 349. The van der Waals surface area contributed by atoms with E-state index in [9.17, 15) is 19.8 Å². The van der Waals surface area contributed by atoms with Crippen LogP contribution in [0.15, 0.2) is 0 Å². The summed E-state index contributed by atoms with van der Waals surface area (Å²) in [6.07, 6.45) is -1.24. The van der Waals surface area contributed by atoms with Crippen LogP contribution >= 0.6 is 0 Å². The molecule has 1 amide bonds. The molecule has 0 bridgehead atoms. The van der Waals surface area contributed by atoms with Gasteiger partial charge in [-0.15, -0.1) is 0 Å². The predicted octanol–water partition coefficient (Wildman–Crippen LogP) is 1.22. The number of ether oxygens (including phenoxy) is 1. The average Bonchev–Trinajstić information content (AvgIpc) is 2.54. The SMILES string of the molecule is CCC1(C(=O)O)CC(O)CN1C(=O)OC(C)(C)C. The third-order valence-corrected chi connectivity index (χ3v) is 3.08. The molecule has 1 aliphatic rings. The highest BCUT2D eigenvalue weighted by Gasteiger charge is 2.53. The van der Waals surface area contributed by atoms with Gasteiger partial charge in [0.05, 0.1) is 12.6 Å². The van der Waals surface area contributed by atoms with E-state index >= 15 is 0 Å². The van der Waals surface area contributed by atoms with Gasteiger partial charge in [-0.1, -0.05) is 6.92 Å². The summed E-state index contributed by atoms with van der Waals surface area (Å²) >= 11 is 0. The van der Waals surface area contributed by atoms with Gasteiger partial charge in [0.15, 0.2) is 0 Å². The first kappa shape index (κ1) is 14.8. The van der Waals surface area contributed by atoms with Crippen molar-refractivity contribution >= 4 is 12.1 Å². The monoisotopic (exact) mass is 259 g/mol. The number of carboxylic acids is 1. The zero-order valence-corrected chi connectivity index (χ0v) is 11.3. The Morgan fingerprint density at radius 1 is 1.44 bits per heavy atom. The second-order valence-corrected chi connectivity index (χ2v) is 5.64. The zero-order valence-electron chi connectivity index (χ0n) is 11.3. The molecule has 2 atom stereocenters. The molecule has 0 aromatic heterocycles. The van der Waals surface area contributed by atoms with E-state index in [1.807, 2.05) is 0 Å². The van der Waals surface area contributed by atoms with E-state index in [0.717, 1.165) is 4.90 Å². The van der Waals surface area contributed by atoms with Crippen molar-refractivity contribution in [3.63, 3.8) is 0 Å². The Kier molecular flexibility index (Phi) is 3.90. The van der Waals surface area contributed by atoms with Crippen LogP contribution < -0.4 is 0 Å². The molecule has 6 heteroatoms. The Labute approximate surface area is 107 Å². The normalized spacial score (nSPS) is 28.3. The number of carbonyl (C=O) groups excluding carboxylic acids is 1. The number of hydrogen-bond donors (Lipinski definition) is 2. The van der Waals surface area contributed by atoms with Gasteiger partial charge >= 0.3 is 12.1 Å². The number of nitrogens with zero attached hydrogens (tertiary/aromatic N) is 1. The first-order valence-corrected chi connectivity index (χ1v) is 6.04. The van der Waals surface area contributed by atoms with Crippen LogP contribution in [0.4, 0.5) is 4.79 Å². The lowest BCUT2D eigenvalue weighted by Crippen LogP contribution is -2.53. The summed E-state index contributed by atoms with van der Waals surface area (Å²) in [5.74, 6) is -1.10. The molecule has 104 valence electrons. The summed E-state index contributed by atoms with van der Waals surface area (Å²) in [6.45, 7) is 6.82. The Balaban J connectivity index is 2.98. The van der Waals surface area contributed by atoms with Gasteiger partial charge in [0.25, 0.3) is 0 Å². The van der Waals surface area contributed by atoms with Gasteiger partial charge in [0.2, 0.25) is 0 Å². The number of aliphatic hydroxyl groups excluding tert-OH is 1. The van der Waals surface area contributed by atoms with Gasteiger partial charge in [-0.25, -0.2) is 9.59 Å². The molecule has 1 saturated heterocycles. The van der Waals surface area contributed by atoms with Crippen LogP contribution in [0, 0.1) is 0 Å². The molecule has 2 N–H and O–H groups in total. The van der Waals surface area contributed by atoms with E-state index in [0.29, 0.717) is 0 Å². The highest BCUT2D eigenvalue weighted by atomic mass is 16.6. The van der Waals surface area contributed by atoms with Crippen LogP contribution in [-0.2, 0) is 9.53 Å². The summed E-state index contributed by atoms with van der Waals surface area (Å²) in [5.41, 5.74) is -2.05. The van der Waals surface area contributed by atoms with Crippen molar-refractivity contribution in [2.45, 2.75) is 57.8 Å². The van der Waals surface area contributed by atoms with Crippen LogP contribution in [0.1, 0.15) is 40.5 Å². The summed E-state index contributed by atoms with van der Waals surface area (Å²) in [4.78, 5) is 24.6. The number of β-amino-alcohol motifs (C(OH)–C–C–N with tert-alkyl or cyclic N) is 1. The van der Waals surface area contributed by atoms with Crippen LogP contribution in [-0.4, -0.2) is 51.0 Å². The number of rotatable bonds is 2. The maximum Gasteiger partial charge on any atom is 0.411 e. The largest absolute Gasteiger partial charge is 0.479 e. The highest BCUT2D eigenvalue weighted by Crippen LogP contribution is 2.34. The fourth-order valence-corrected chi connectivity index (χ4v) is 2.21. The minimum absolute atomic E-state index is 0.00491. The smallest absolute Gasteiger partial charge is 0.411 e. The lowest BCUT2D eigenvalue weighted by Gasteiger charge is -2.34. The molecule has 0 aromatic carbocycles. The number of aliphatic hydroxyl groups is 1. The molecule has 0 aromatic rings. The van der Waals surface area contributed by atoms with Crippen LogP contribution in [0.25, 0.3) is 0 Å². The maximum atomic E-state index is 12.0. The molecule has 1 rings (SSSR count). The summed E-state index contributed by atoms with van der Waals surface area (Å²) in [5, 5.41) is 19.0. The second-order valence-electron chi connectivity index (χ2n) is 5.64. The minimum atomic E-state index is -1.36. The number of hydrogen-bond acceptors (Lipinski definition) is 4. The molecule has 0 radical (unpaired) electrons. The van der Waals surface area contributed by atoms with Gasteiger partial charge in [0.1, 0.15) is 11.1 Å². The second kappa shape index (κ2) is 4.76. The van der Waals surface area contributed by atoms with Crippen molar-refractivity contribution in [1.29, 1.82) is 0 Å². The number of carbonyl (C=O) groups is 2. The maximum absolute atomic E-state index is 12.0. The van der Waals surface area contributed by atoms with Crippen molar-refractivity contribution < 1.29 is 24.5 Å². The lowest BCUT2D eigenvalue weighted by molar-refractivity contribution is -0.149. The molecule has 1 fully saturated rings. The van der Waals surface area contributed by atoms with Gasteiger partial charge in [0, 0.05) is 6.42 Å². The van der Waals surface area contributed by atoms with E-state index in [-0.39, 0.29) is 19.4 Å². The Morgan fingerprint density at radius 2 is 2.00 bits per heavy atom. The molecule has 2 unspecified atom stereocenters. The molecule has 18 heavy (non-hydrogen) atoms. The molecule has 0 saturated carbocycles. The van der Waals surface area contributed by atoms with Crippen molar-refractivity contribution in [3.05, 3.63) is 0 Å². The lowest BCUT2D eigenvalue weighted by atomic mass is 9.92. The van der Waals surface area contributed by atoms with Crippen LogP contribution in [0.3, 0.4) is 0 Å².